The van der Waals surface area contributed by atoms with Gasteiger partial charge in [0.25, 0.3) is 0 Å². The van der Waals surface area contributed by atoms with Crippen LogP contribution in [0.25, 0.3) is 11.4 Å². The van der Waals surface area contributed by atoms with E-state index in [0.717, 1.165) is 43.4 Å². The van der Waals surface area contributed by atoms with Crippen molar-refractivity contribution in [3.8, 4) is 11.4 Å². The number of hydrogen-bond acceptors (Lipinski definition) is 4. The maximum absolute atomic E-state index is 4.69. The van der Waals surface area contributed by atoms with Crippen LogP contribution >= 0.6 is 0 Å². The summed E-state index contributed by atoms with van der Waals surface area (Å²) in [6.07, 6.45) is 1.85. The predicted molar refractivity (Wildman–Crippen MR) is 77.3 cm³/mol. The molecule has 4 nitrogen and oxygen atoms in total. The van der Waals surface area contributed by atoms with Crippen molar-refractivity contribution in [1.82, 2.24) is 15.3 Å². The van der Waals surface area contributed by atoms with Gasteiger partial charge < -0.3 is 10.2 Å². The third kappa shape index (κ3) is 2.74. The molecule has 3 rings (SSSR count). The molecule has 1 saturated heterocycles. The van der Waals surface area contributed by atoms with Gasteiger partial charge in [0.15, 0.2) is 5.82 Å². The van der Waals surface area contributed by atoms with E-state index in [1.165, 1.54) is 5.56 Å². The van der Waals surface area contributed by atoms with Gasteiger partial charge in [0.1, 0.15) is 5.82 Å². The largest absolute Gasteiger partial charge is 0.354 e. The van der Waals surface area contributed by atoms with Crippen molar-refractivity contribution in [2.24, 2.45) is 0 Å². The molecule has 1 aromatic carbocycles. The summed E-state index contributed by atoms with van der Waals surface area (Å²) in [6.45, 7) is 6.13. The first-order chi connectivity index (χ1) is 9.33. The Balaban J connectivity index is 1.91. The van der Waals surface area contributed by atoms with Crippen LogP contribution in [0.2, 0.25) is 0 Å². The van der Waals surface area contributed by atoms with Gasteiger partial charge in [0.05, 0.1) is 0 Å². The van der Waals surface area contributed by atoms with E-state index in [2.05, 4.69) is 40.3 Å². The average Bonchev–Trinajstić information content (AvgIpc) is 2.48. The third-order valence-electron chi connectivity index (χ3n) is 3.36. The zero-order valence-corrected chi connectivity index (χ0v) is 11.1. The van der Waals surface area contributed by atoms with Crippen LogP contribution in [-0.2, 0) is 0 Å². The van der Waals surface area contributed by atoms with Crippen molar-refractivity contribution in [2.45, 2.75) is 6.92 Å². The summed E-state index contributed by atoms with van der Waals surface area (Å²) in [5, 5.41) is 3.35. The molecule has 19 heavy (non-hydrogen) atoms. The summed E-state index contributed by atoms with van der Waals surface area (Å²) in [7, 11) is 0. The number of piperazine rings is 1. The lowest BCUT2D eigenvalue weighted by Crippen LogP contribution is -2.43. The Morgan fingerprint density at radius 1 is 1.16 bits per heavy atom. The van der Waals surface area contributed by atoms with Crippen LogP contribution in [0, 0.1) is 6.92 Å². The van der Waals surface area contributed by atoms with E-state index in [9.17, 15) is 0 Å². The van der Waals surface area contributed by atoms with Crippen molar-refractivity contribution in [1.29, 1.82) is 0 Å². The fourth-order valence-corrected chi connectivity index (χ4v) is 2.34. The van der Waals surface area contributed by atoms with Crippen LogP contribution in [0.1, 0.15) is 5.56 Å². The average molecular weight is 254 g/mol. The summed E-state index contributed by atoms with van der Waals surface area (Å²) in [5.74, 6) is 1.83. The van der Waals surface area contributed by atoms with Crippen molar-refractivity contribution in [3.63, 3.8) is 0 Å². The van der Waals surface area contributed by atoms with E-state index in [1.54, 1.807) is 0 Å². The molecule has 0 radical (unpaired) electrons. The number of aromatic nitrogens is 2. The van der Waals surface area contributed by atoms with Gasteiger partial charge in [0, 0.05) is 37.9 Å². The summed E-state index contributed by atoms with van der Waals surface area (Å²) in [4.78, 5) is 11.4. The van der Waals surface area contributed by atoms with Gasteiger partial charge in [-0.3, -0.25) is 0 Å². The lowest BCUT2D eigenvalue weighted by Gasteiger charge is -2.28. The Hall–Kier alpha value is -1.94. The van der Waals surface area contributed by atoms with E-state index < -0.39 is 0 Å². The SMILES string of the molecule is Cc1cccc(-c2nccc(N3CCNCC3)n2)c1. The maximum atomic E-state index is 4.69. The van der Waals surface area contributed by atoms with Gasteiger partial charge in [-0.25, -0.2) is 9.97 Å². The standard InChI is InChI=1S/C15H18N4/c1-12-3-2-4-13(11-12)15-17-6-5-14(18-15)19-9-7-16-8-10-19/h2-6,11,16H,7-10H2,1H3. The number of benzene rings is 1. The van der Waals surface area contributed by atoms with Gasteiger partial charge in [-0.05, 0) is 19.1 Å². The summed E-state index contributed by atoms with van der Waals surface area (Å²) >= 11 is 0. The molecular weight excluding hydrogens is 236 g/mol. The lowest BCUT2D eigenvalue weighted by atomic mass is 10.1. The number of nitrogens with zero attached hydrogens (tertiary/aromatic N) is 3. The monoisotopic (exact) mass is 254 g/mol. The highest BCUT2D eigenvalue weighted by atomic mass is 15.2. The first kappa shape index (κ1) is 12.1. The number of aryl methyl sites for hydroxylation is 1. The first-order valence-corrected chi connectivity index (χ1v) is 6.69. The van der Waals surface area contributed by atoms with Crippen molar-refractivity contribution in [3.05, 3.63) is 42.1 Å². The second-order valence-electron chi connectivity index (χ2n) is 4.84. The Labute approximate surface area is 113 Å². The maximum Gasteiger partial charge on any atom is 0.161 e. The topological polar surface area (TPSA) is 41.1 Å². The summed E-state index contributed by atoms with van der Waals surface area (Å²) < 4.78 is 0. The smallest absolute Gasteiger partial charge is 0.161 e. The molecule has 98 valence electrons. The van der Waals surface area contributed by atoms with Crippen molar-refractivity contribution >= 4 is 5.82 Å². The molecule has 0 saturated carbocycles. The van der Waals surface area contributed by atoms with Gasteiger partial charge in [-0.1, -0.05) is 23.8 Å². The molecule has 1 N–H and O–H groups in total. The van der Waals surface area contributed by atoms with Crippen LogP contribution in [0.15, 0.2) is 36.5 Å². The van der Waals surface area contributed by atoms with Crippen LogP contribution in [0.5, 0.6) is 0 Å². The highest BCUT2D eigenvalue weighted by Crippen LogP contribution is 2.19. The predicted octanol–water partition coefficient (Wildman–Crippen LogP) is 1.86. The number of hydrogen-bond donors (Lipinski definition) is 1. The highest BCUT2D eigenvalue weighted by Gasteiger charge is 2.12. The van der Waals surface area contributed by atoms with Gasteiger partial charge in [0.2, 0.25) is 0 Å². The van der Waals surface area contributed by atoms with Crippen molar-refractivity contribution < 1.29 is 0 Å². The molecule has 0 amide bonds. The summed E-state index contributed by atoms with van der Waals surface area (Å²) in [5.41, 5.74) is 2.31. The van der Waals surface area contributed by atoms with Crippen molar-refractivity contribution in [2.75, 3.05) is 31.1 Å². The Morgan fingerprint density at radius 2 is 2.00 bits per heavy atom. The van der Waals surface area contributed by atoms with Crippen LogP contribution in [0.3, 0.4) is 0 Å². The van der Waals surface area contributed by atoms with Gasteiger partial charge in [-0.2, -0.15) is 0 Å². The zero-order chi connectivity index (χ0) is 13.1. The molecule has 0 unspecified atom stereocenters. The molecule has 1 fully saturated rings. The quantitative estimate of drug-likeness (QED) is 0.888. The second-order valence-corrected chi connectivity index (χ2v) is 4.84. The molecule has 1 aromatic heterocycles. The summed E-state index contributed by atoms with van der Waals surface area (Å²) in [6, 6.07) is 10.3. The minimum atomic E-state index is 0.805. The van der Waals surface area contributed by atoms with E-state index in [1.807, 2.05) is 18.3 Å². The van der Waals surface area contributed by atoms with E-state index >= 15 is 0 Å². The minimum absolute atomic E-state index is 0.805. The fraction of sp³-hybridized carbons (Fsp3) is 0.333. The first-order valence-electron chi connectivity index (χ1n) is 6.69. The fourth-order valence-electron chi connectivity index (χ4n) is 2.34. The number of nitrogens with one attached hydrogen (secondary N) is 1. The zero-order valence-electron chi connectivity index (χ0n) is 11.1. The lowest BCUT2D eigenvalue weighted by molar-refractivity contribution is 0.585. The molecule has 0 aliphatic carbocycles. The van der Waals surface area contributed by atoms with E-state index in [0.29, 0.717) is 0 Å². The molecule has 0 spiro atoms. The van der Waals surface area contributed by atoms with E-state index in [4.69, 9.17) is 4.98 Å². The number of rotatable bonds is 2. The molecule has 2 heterocycles. The Bertz CT molecular complexity index is 562. The molecular formula is C15H18N4. The normalized spacial score (nSPS) is 15.5. The molecule has 0 bridgehead atoms. The van der Waals surface area contributed by atoms with E-state index in [-0.39, 0.29) is 0 Å². The molecule has 1 aliphatic rings. The highest BCUT2D eigenvalue weighted by molar-refractivity contribution is 5.58. The molecule has 4 heteroatoms. The molecule has 1 aliphatic heterocycles. The second kappa shape index (κ2) is 5.36. The van der Waals surface area contributed by atoms with Crippen LogP contribution in [-0.4, -0.2) is 36.1 Å². The third-order valence-corrected chi connectivity index (χ3v) is 3.36. The molecule has 0 atom stereocenters. The van der Waals surface area contributed by atoms with Crippen LogP contribution < -0.4 is 10.2 Å². The van der Waals surface area contributed by atoms with Crippen LogP contribution in [0.4, 0.5) is 5.82 Å². The Kier molecular flexibility index (Phi) is 3.42. The van der Waals surface area contributed by atoms with Gasteiger partial charge in [-0.15, -0.1) is 0 Å². The number of anilines is 1. The minimum Gasteiger partial charge on any atom is -0.354 e. The Morgan fingerprint density at radius 3 is 2.79 bits per heavy atom. The molecule has 2 aromatic rings. The van der Waals surface area contributed by atoms with Gasteiger partial charge >= 0.3 is 0 Å².